The van der Waals surface area contributed by atoms with Crippen molar-refractivity contribution in [3.63, 3.8) is 0 Å². The molecule has 0 bridgehead atoms. The average Bonchev–Trinajstić information content (AvgIpc) is 3.57. The lowest BCUT2D eigenvalue weighted by molar-refractivity contribution is 0.0943. The van der Waals surface area contributed by atoms with Crippen molar-refractivity contribution >= 4 is 22.9 Å². The number of aliphatic hydroxyl groups is 1. The number of aromatic nitrogens is 7. The van der Waals surface area contributed by atoms with E-state index in [-0.39, 0.29) is 0 Å². The summed E-state index contributed by atoms with van der Waals surface area (Å²) >= 11 is 0. The highest BCUT2D eigenvalue weighted by molar-refractivity contribution is 5.84. The molecular formula is C23H29N9O. The zero-order valence-electron chi connectivity index (χ0n) is 18.9. The fourth-order valence-corrected chi connectivity index (χ4v) is 4.11. The van der Waals surface area contributed by atoms with Crippen LogP contribution in [0.1, 0.15) is 51.1 Å². The lowest BCUT2D eigenvalue weighted by Gasteiger charge is -2.18. The number of fused-ring (bicyclic) bond motifs is 1. The highest BCUT2D eigenvalue weighted by Gasteiger charge is 2.22. The molecule has 1 aliphatic rings. The number of imidazole rings is 1. The van der Waals surface area contributed by atoms with Gasteiger partial charge >= 0.3 is 0 Å². The second kappa shape index (κ2) is 8.78. The summed E-state index contributed by atoms with van der Waals surface area (Å²) in [4.78, 5) is 18.5. The molecule has 4 heterocycles. The summed E-state index contributed by atoms with van der Waals surface area (Å²) in [5.74, 6) is 1.90. The number of rotatable bonds is 8. The summed E-state index contributed by atoms with van der Waals surface area (Å²) in [7, 11) is 0. The molecule has 5 rings (SSSR count). The van der Waals surface area contributed by atoms with Crippen LogP contribution in [0, 0.1) is 0 Å². The smallest absolute Gasteiger partial charge is 0.226 e. The molecule has 4 aromatic heterocycles. The lowest BCUT2D eigenvalue weighted by Crippen LogP contribution is -2.30. The summed E-state index contributed by atoms with van der Waals surface area (Å²) in [5.41, 5.74) is 1.69. The number of nitrogens with one attached hydrogen (secondary N) is 2. The first-order chi connectivity index (χ1) is 16.0. The zero-order chi connectivity index (χ0) is 22.8. The molecule has 172 valence electrons. The summed E-state index contributed by atoms with van der Waals surface area (Å²) < 4.78 is 3.90. The Bertz CT molecular complexity index is 1200. The van der Waals surface area contributed by atoms with Crippen molar-refractivity contribution in [2.24, 2.45) is 0 Å². The molecule has 0 unspecified atom stereocenters. The normalized spacial score (nSPS) is 14.8. The van der Waals surface area contributed by atoms with E-state index in [0.717, 1.165) is 35.4 Å². The minimum Gasteiger partial charge on any atom is -0.389 e. The van der Waals surface area contributed by atoms with Gasteiger partial charge in [-0.25, -0.2) is 14.6 Å². The van der Waals surface area contributed by atoms with Crippen LogP contribution >= 0.6 is 0 Å². The van der Waals surface area contributed by atoms with Crippen molar-refractivity contribution in [3.8, 4) is 5.82 Å². The van der Waals surface area contributed by atoms with Gasteiger partial charge in [0.2, 0.25) is 5.95 Å². The molecule has 33 heavy (non-hydrogen) atoms. The SMILES string of the molecule is CC(C)(O)CNc1nc(NCc2ccc(-n3cccn3)nc2)c2ncn(C3CCCC3)c2n1. The monoisotopic (exact) mass is 447 g/mol. The van der Waals surface area contributed by atoms with E-state index in [4.69, 9.17) is 4.98 Å². The maximum atomic E-state index is 10.1. The number of hydrogen-bond donors (Lipinski definition) is 3. The molecule has 0 amide bonds. The fraction of sp³-hybridized carbons (Fsp3) is 0.435. The molecule has 0 saturated heterocycles. The Kier molecular flexibility index (Phi) is 5.67. The van der Waals surface area contributed by atoms with Crippen LogP contribution in [-0.4, -0.2) is 51.5 Å². The Hall–Kier alpha value is -3.53. The van der Waals surface area contributed by atoms with Gasteiger partial charge in [0, 0.05) is 37.7 Å². The summed E-state index contributed by atoms with van der Waals surface area (Å²) in [5, 5.41) is 20.9. The molecule has 4 aromatic rings. The minimum atomic E-state index is -0.875. The Morgan fingerprint density at radius 1 is 1.12 bits per heavy atom. The first-order valence-electron chi connectivity index (χ1n) is 11.4. The van der Waals surface area contributed by atoms with Crippen LogP contribution in [0.5, 0.6) is 0 Å². The summed E-state index contributed by atoms with van der Waals surface area (Å²) in [6.45, 7) is 4.38. The van der Waals surface area contributed by atoms with Crippen molar-refractivity contribution in [3.05, 3.63) is 48.7 Å². The van der Waals surface area contributed by atoms with Crippen LogP contribution in [0.25, 0.3) is 17.0 Å². The van der Waals surface area contributed by atoms with E-state index < -0.39 is 5.60 Å². The number of nitrogens with zero attached hydrogens (tertiary/aromatic N) is 7. The van der Waals surface area contributed by atoms with Gasteiger partial charge in [-0.1, -0.05) is 18.9 Å². The van der Waals surface area contributed by atoms with Gasteiger partial charge in [0.05, 0.1) is 11.9 Å². The molecule has 0 spiro atoms. The van der Waals surface area contributed by atoms with Gasteiger partial charge in [-0.3, -0.25) is 0 Å². The molecule has 0 radical (unpaired) electrons. The summed E-state index contributed by atoms with van der Waals surface area (Å²) in [6.07, 6.45) is 12.0. The van der Waals surface area contributed by atoms with Crippen LogP contribution in [0.4, 0.5) is 11.8 Å². The molecule has 1 aliphatic carbocycles. The first-order valence-corrected chi connectivity index (χ1v) is 11.4. The molecule has 10 nitrogen and oxygen atoms in total. The van der Waals surface area contributed by atoms with Crippen molar-refractivity contribution in [2.45, 2.75) is 57.7 Å². The Balaban J connectivity index is 1.40. The molecule has 1 fully saturated rings. The zero-order valence-corrected chi connectivity index (χ0v) is 18.9. The van der Waals surface area contributed by atoms with Gasteiger partial charge in [-0.2, -0.15) is 15.1 Å². The quantitative estimate of drug-likeness (QED) is 0.376. The molecule has 3 N–H and O–H groups in total. The van der Waals surface area contributed by atoms with Crippen molar-refractivity contribution in [2.75, 3.05) is 17.2 Å². The van der Waals surface area contributed by atoms with E-state index in [0.29, 0.717) is 30.9 Å². The molecule has 10 heteroatoms. The predicted octanol–water partition coefficient (Wildman–Crippen LogP) is 3.32. The Morgan fingerprint density at radius 3 is 2.67 bits per heavy atom. The maximum absolute atomic E-state index is 10.1. The third kappa shape index (κ3) is 4.80. The number of anilines is 2. The van der Waals surface area contributed by atoms with Crippen LogP contribution in [-0.2, 0) is 6.54 Å². The number of pyridine rings is 1. The minimum absolute atomic E-state index is 0.342. The van der Waals surface area contributed by atoms with Gasteiger partial charge in [0.25, 0.3) is 0 Å². The van der Waals surface area contributed by atoms with Gasteiger partial charge in [0.1, 0.15) is 0 Å². The first kappa shape index (κ1) is 21.3. The van der Waals surface area contributed by atoms with Crippen molar-refractivity contribution < 1.29 is 5.11 Å². The van der Waals surface area contributed by atoms with Crippen LogP contribution in [0.3, 0.4) is 0 Å². The van der Waals surface area contributed by atoms with Crippen LogP contribution in [0.2, 0.25) is 0 Å². The van der Waals surface area contributed by atoms with Crippen molar-refractivity contribution in [1.29, 1.82) is 0 Å². The average molecular weight is 448 g/mol. The Labute approximate surface area is 192 Å². The predicted molar refractivity (Wildman–Crippen MR) is 126 cm³/mol. The third-order valence-corrected chi connectivity index (χ3v) is 5.83. The van der Waals surface area contributed by atoms with Crippen LogP contribution < -0.4 is 10.6 Å². The second-order valence-electron chi connectivity index (χ2n) is 9.15. The van der Waals surface area contributed by atoms with E-state index in [1.54, 1.807) is 24.7 Å². The fourth-order valence-electron chi connectivity index (χ4n) is 4.11. The lowest BCUT2D eigenvalue weighted by atomic mass is 10.1. The Morgan fingerprint density at radius 2 is 1.97 bits per heavy atom. The molecular weight excluding hydrogens is 418 g/mol. The van der Waals surface area contributed by atoms with Gasteiger partial charge < -0.3 is 20.3 Å². The molecule has 0 atom stereocenters. The van der Waals surface area contributed by atoms with E-state index >= 15 is 0 Å². The van der Waals surface area contributed by atoms with Gasteiger partial charge in [0.15, 0.2) is 22.8 Å². The molecule has 0 aromatic carbocycles. The second-order valence-corrected chi connectivity index (χ2v) is 9.15. The van der Waals surface area contributed by atoms with E-state index in [1.165, 1.54) is 12.8 Å². The van der Waals surface area contributed by atoms with Gasteiger partial charge in [-0.15, -0.1) is 0 Å². The maximum Gasteiger partial charge on any atom is 0.226 e. The third-order valence-electron chi connectivity index (χ3n) is 5.83. The molecule has 1 saturated carbocycles. The van der Waals surface area contributed by atoms with E-state index in [2.05, 4.69) is 35.3 Å². The van der Waals surface area contributed by atoms with Crippen molar-refractivity contribution in [1.82, 2.24) is 34.3 Å². The van der Waals surface area contributed by atoms with E-state index in [9.17, 15) is 5.11 Å². The highest BCUT2D eigenvalue weighted by atomic mass is 16.3. The largest absolute Gasteiger partial charge is 0.389 e. The van der Waals surface area contributed by atoms with Crippen LogP contribution in [0.15, 0.2) is 43.1 Å². The highest BCUT2D eigenvalue weighted by Crippen LogP contribution is 2.33. The topological polar surface area (TPSA) is 119 Å². The van der Waals surface area contributed by atoms with E-state index in [1.807, 2.05) is 36.9 Å². The standard InChI is InChI=1S/C23H29N9O/c1-23(2,33)14-26-22-29-20(19-21(30-22)31(15-27-19)17-6-3-4-7-17)25-13-16-8-9-18(24-12-16)32-11-5-10-28-32/h5,8-12,15,17,33H,3-4,6-7,13-14H2,1-2H3,(H2,25,26,29,30). The number of hydrogen-bond acceptors (Lipinski definition) is 8. The summed E-state index contributed by atoms with van der Waals surface area (Å²) in [6, 6.07) is 6.23. The van der Waals surface area contributed by atoms with Gasteiger partial charge in [-0.05, 0) is 44.4 Å². The molecule has 0 aliphatic heterocycles.